The Balaban J connectivity index is 1.33. The van der Waals surface area contributed by atoms with Crippen LogP contribution in [0.3, 0.4) is 0 Å². The molecule has 2 fully saturated rings. The van der Waals surface area contributed by atoms with Crippen molar-refractivity contribution in [2.24, 2.45) is 0 Å². The highest BCUT2D eigenvalue weighted by Crippen LogP contribution is 2.28. The molecule has 1 aromatic heterocycles. The Labute approximate surface area is 211 Å². The molecule has 1 N–H and O–H groups in total. The molecule has 3 aromatic rings. The Bertz CT molecular complexity index is 1140. The Morgan fingerprint density at radius 3 is 2.69 bits per heavy atom. The smallest absolute Gasteiger partial charge is 0.225 e. The minimum Gasteiger partial charge on any atom is -0.491 e. The Morgan fingerprint density at radius 2 is 1.89 bits per heavy atom. The van der Waals surface area contributed by atoms with E-state index in [1.807, 2.05) is 35.4 Å². The molecule has 1 atom stereocenters. The van der Waals surface area contributed by atoms with Crippen LogP contribution in [0, 0.1) is 0 Å². The van der Waals surface area contributed by atoms with Crippen molar-refractivity contribution in [3.05, 3.63) is 65.3 Å². The fourth-order valence-corrected chi connectivity index (χ4v) is 5.15. The van der Waals surface area contributed by atoms with Crippen LogP contribution < -0.4 is 4.74 Å². The lowest BCUT2D eigenvalue weighted by molar-refractivity contribution is -0.157. The second kappa shape index (κ2) is 10.6. The SMILES string of the molecule is CN1CCN(C(=O)CC2(COc3ccc(Cl)cc3)CN(Cc3cccc4[nH]ccc34)CCO2)CC1. The Morgan fingerprint density at radius 1 is 1.09 bits per heavy atom. The van der Waals surface area contributed by atoms with E-state index >= 15 is 0 Å². The number of hydrogen-bond donors (Lipinski definition) is 1. The summed E-state index contributed by atoms with van der Waals surface area (Å²) in [7, 11) is 2.09. The Hall–Kier alpha value is -2.58. The van der Waals surface area contributed by atoms with E-state index in [0.29, 0.717) is 31.2 Å². The summed E-state index contributed by atoms with van der Waals surface area (Å²) < 4.78 is 12.5. The van der Waals surface area contributed by atoms with Crippen LogP contribution in [0.2, 0.25) is 5.02 Å². The van der Waals surface area contributed by atoms with Crippen molar-refractivity contribution in [3.63, 3.8) is 0 Å². The van der Waals surface area contributed by atoms with Crippen LogP contribution in [0.15, 0.2) is 54.7 Å². The largest absolute Gasteiger partial charge is 0.491 e. The van der Waals surface area contributed by atoms with E-state index in [9.17, 15) is 4.79 Å². The number of piperazine rings is 1. The summed E-state index contributed by atoms with van der Waals surface area (Å²) in [5.41, 5.74) is 1.69. The summed E-state index contributed by atoms with van der Waals surface area (Å²) in [5, 5.41) is 1.90. The molecule has 7 nitrogen and oxygen atoms in total. The number of amides is 1. The maximum atomic E-state index is 13.4. The van der Waals surface area contributed by atoms with Gasteiger partial charge in [-0.3, -0.25) is 9.69 Å². The molecule has 0 aliphatic carbocycles. The number of rotatable bonds is 7. The molecule has 35 heavy (non-hydrogen) atoms. The van der Waals surface area contributed by atoms with Gasteiger partial charge in [-0.25, -0.2) is 0 Å². The van der Waals surface area contributed by atoms with Gasteiger partial charge in [0.05, 0.1) is 13.0 Å². The van der Waals surface area contributed by atoms with Crippen molar-refractivity contribution >= 4 is 28.4 Å². The fourth-order valence-electron chi connectivity index (χ4n) is 5.02. The molecule has 0 saturated carbocycles. The normalized spacial score (nSPS) is 21.9. The first-order valence-electron chi connectivity index (χ1n) is 12.3. The third-order valence-electron chi connectivity index (χ3n) is 7.05. The van der Waals surface area contributed by atoms with Gasteiger partial charge in [0.2, 0.25) is 5.91 Å². The average molecular weight is 497 g/mol. The van der Waals surface area contributed by atoms with Gasteiger partial charge in [-0.1, -0.05) is 23.7 Å². The lowest BCUT2D eigenvalue weighted by atomic mass is 9.96. The molecule has 5 rings (SSSR count). The summed E-state index contributed by atoms with van der Waals surface area (Å²) in [6.45, 7) is 6.39. The Kier molecular flexibility index (Phi) is 7.29. The lowest BCUT2D eigenvalue weighted by Gasteiger charge is -2.43. The molecule has 1 unspecified atom stereocenters. The lowest BCUT2D eigenvalue weighted by Crippen LogP contribution is -2.58. The van der Waals surface area contributed by atoms with Gasteiger partial charge in [0, 0.05) is 67.9 Å². The summed E-state index contributed by atoms with van der Waals surface area (Å²) in [6.07, 6.45) is 2.28. The fraction of sp³-hybridized carbons (Fsp3) is 0.444. The van der Waals surface area contributed by atoms with E-state index < -0.39 is 5.60 Å². The monoisotopic (exact) mass is 496 g/mol. The summed E-state index contributed by atoms with van der Waals surface area (Å²) in [4.78, 5) is 23.3. The van der Waals surface area contributed by atoms with Gasteiger partial charge in [-0.2, -0.15) is 0 Å². The zero-order chi connectivity index (χ0) is 24.3. The number of carbonyl (C=O) groups excluding carboxylic acids is 1. The van der Waals surface area contributed by atoms with Crippen molar-refractivity contribution in [2.45, 2.75) is 18.6 Å². The molecule has 0 radical (unpaired) electrons. The van der Waals surface area contributed by atoms with Crippen LogP contribution in [0.4, 0.5) is 0 Å². The predicted molar refractivity (Wildman–Crippen MR) is 138 cm³/mol. The maximum Gasteiger partial charge on any atom is 0.225 e. The molecule has 2 aliphatic rings. The van der Waals surface area contributed by atoms with Crippen molar-refractivity contribution in [3.8, 4) is 5.75 Å². The number of benzene rings is 2. The number of fused-ring (bicyclic) bond motifs is 1. The van der Waals surface area contributed by atoms with Crippen LogP contribution in [-0.2, 0) is 16.1 Å². The summed E-state index contributed by atoms with van der Waals surface area (Å²) in [5.74, 6) is 0.853. The van der Waals surface area contributed by atoms with E-state index in [-0.39, 0.29) is 5.91 Å². The molecule has 1 amide bonds. The van der Waals surface area contributed by atoms with Crippen molar-refractivity contribution in [1.82, 2.24) is 19.7 Å². The highest BCUT2D eigenvalue weighted by molar-refractivity contribution is 6.30. The van der Waals surface area contributed by atoms with E-state index in [1.165, 1.54) is 10.9 Å². The topological polar surface area (TPSA) is 61.0 Å². The van der Waals surface area contributed by atoms with E-state index in [0.717, 1.165) is 50.5 Å². The quantitative estimate of drug-likeness (QED) is 0.541. The minimum absolute atomic E-state index is 0.132. The number of carbonyl (C=O) groups is 1. The third-order valence-corrected chi connectivity index (χ3v) is 7.30. The number of aromatic amines is 1. The van der Waals surface area contributed by atoms with Gasteiger partial charge in [0.25, 0.3) is 0 Å². The number of hydrogen-bond acceptors (Lipinski definition) is 5. The van der Waals surface area contributed by atoms with E-state index in [1.54, 1.807) is 0 Å². The molecule has 2 saturated heterocycles. The maximum absolute atomic E-state index is 13.4. The molecule has 8 heteroatoms. The number of nitrogens with zero attached hydrogens (tertiary/aromatic N) is 3. The number of nitrogens with one attached hydrogen (secondary N) is 1. The van der Waals surface area contributed by atoms with Crippen LogP contribution in [0.1, 0.15) is 12.0 Å². The van der Waals surface area contributed by atoms with Crippen molar-refractivity contribution in [1.29, 1.82) is 0 Å². The molecule has 2 aliphatic heterocycles. The van der Waals surface area contributed by atoms with Gasteiger partial charge >= 0.3 is 0 Å². The van der Waals surface area contributed by atoms with Crippen molar-refractivity contribution < 1.29 is 14.3 Å². The van der Waals surface area contributed by atoms with Gasteiger partial charge in [0.1, 0.15) is 18.0 Å². The third kappa shape index (κ3) is 5.81. The number of H-pyrrole nitrogens is 1. The molecule has 0 spiro atoms. The number of halogens is 1. The minimum atomic E-state index is -0.718. The van der Waals surface area contributed by atoms with Crippen LogP contribution in [0.25, 0.3) is 10.9 Å². The molecular formula is C27H33ClN4O3. The van der Waals surface area contributed by atoms with E-state index in [4.69, 9.17) is 21.1 Å². The summed E-state index contributed by atoms with van der Waals surface area (Å²) in [6, 6.07) is 15.8. The second-order valence-corrected chi connectivity index (χ2v) is 10.1. The highest BCUT2D eigenvalue weighted by Gasteiger charge is 2.41. The average Bonchev–Trinajstić information content (AvgIpc) is 3.34. The number of ether oxygens (including phenoxy) is 2. The van der Waals surface area contributed by atoms with Crippen LogP contribution >= 0.6 is 11.6 Å². The molecule has 3 heterocycles. The first-order chi connectivity index (χ1) is 17.0. The van der Waals surface area contributed by atoms with Crippen LogP contribution in [0.5, 0.6) is 5.75 Å². The first kappa shape index (κ1) is 24.1. The standard InChI is InChI=1S/C27H33ClN4O3/c1-30-11-13-32(14-12-30)26(33)17-27(20-34-23-7-5-22(28)6-8-23)19-31(15-16-35-27)18-21-3-2-4-25-24(21)9-10-29-25/h2-10,29H,11-20H2,1H3. The zero-order valence-corrected chi connectivity index (χ0v) is 21.0. The van der Waals surface area contributed by atoms with Gasteiger partial charge in [-0.15, -0.1) is 0 Å². The molecule has 0 bridgehead atoms. The second-order valence-electron chi connectivity index (χ2n) is 9.70. The first-order valence-corrected chi connectivity index (χ1v) is 12.6. The van der Waals surface area contributed by atoms with Crippen LogP contribution in [-0.4, -0.2) is 90.7 Å². The predicted octanol–water partition coefficient (Wildman–Crippen LogP) is 3.64. The van der Waals surface area contributed by atoms with Crippen molar-refractivity contribution in [2.75, 3.05) is 59.5 Å². The number of likely N-dealkylation sites (N-methyl/N-ethyl adjacent to an activating group) is 1. The summed E-state index contributed by atoms with van der Waals surface area (Å²) >= 11 is 6.04. The molecule has 186 valence electrons. The zero-order valence-electron chi connectivity index (χ0n) is 20.2. The highest BCUT2D eigenvalue weighted by atomic mass is 35.5. The van der Waals surface area contributed by atoms with Gasteiger partial charge in [-0.05, 0) is 49.0 Å². The number of aromatic nitrogens is 1. The molecule has 2 aromatic carbocycles. The molecular weight excluding hydrogens is 464 g/mol. The van der Waals surface area contributed by atoms with Gasteiger partial charge in [0.15, 0.2) is 0 Å². The van der Waals surface area contributed by atoms with E-state index in [2.05, 4.69) is 46.1 Å². The number of morpholine rings is 1. The van der Waals surface area contributed by atoms with Gasteiger partial charge < -0.3 is 24.3 Å².